The van der Waals surface area contributed by atoms with Crippen LogP contribution < -0.4 is 4.90 Å². The Labute approximate surface area is 164 Å². The molecule has 2 aliphatic heterocycles. The minimum Gasteiger partial charge on any atom is -0.369 e. The smallest absolute Gasteiger partial charge is 0.190 e. The Kier molecular flexibility index (Phi) is 5.16. The highest BCUT2D eigenvalue weighted by Crippen LogP contribution is 2.43. The maximum atomic E-state index is 6.18. The highest BCUT2D eigenvalue weighted by atomic mass is 32.2. The van der Waals surface area contributed by atoms with Gasteiger partial charge in [-0.05, 0) is 31.7 Å². The van der Waals surface area contributed by atoms with E-state index in [2.05, 4.69) is 36.8 Å². The molecule has 0 spiro atoms. The largest absolute Gasteiger partial charge is 0.369 e. The van der Waals surface area contributed by atoms with Crippen molar-refractivity contribution in [2.75, 3.05) is 43.9 Å². The van der Waals surface area contributed by atoms with Gasteiger partial charge in [0.05, 0.1) is 17.6 Å². The van der Waals surface area contributed by atoms with Gasteiger partial charge in [-0.3, -0.25) is 0 Å². The van der Waals surface area contributed by atoms with Crippen LogP contribution in [-0.2, 0) is 17.8 Å². The summed E-state index contributed by atoms with van der Waals surface area (Å²) in [6.07, 6.45) is 4.05. The molecule has 0 radical (unpaired) electrons. The van der Waals surface area contributed by atoms with Crippen molar-refractivity contribution in [1.82, 2.24) is 14.9 Å². The molecule has 5 nitrogen and oxygen atoms in total. The van der Waals surface area contributed by atoms with Crippen molar-refractivity contribution in [3.8, 4) is 0 Å². The first kappa shape index (κ1) is 18.5. The fraction of sp³-hybridized carbons (Fsp3) is 0.684. The number of piperazine rings is 1. The average Bonchev–Trinajstić information content (AvgIpc) is 3.04. The molecule has 0 aliphatic carbocycles. The quantitative estimate of drug-likeness (QED) is 0.582. The number of likely N-dealkylation sites (N-methyl/N-ethyl adjacent to an activating group) is 1. The van der Waals surface area contributed by atoms with E-state index in [1.807, 2.05) is 0 Å². The summed E-state index contributed by atoms with van der Waals surface area (Å²) in [6, 6.07) is 0. The number of fused-ring (bicyclic) bond motifs is 3. The van der Waals surface area contributed by atoms with Gasteiger partial charge in [0.2, 0.25) is 0 Å². The van der Waals surface area contributed by atoms with Crippen LogP contribution in [-0.4, -0.2) is 59.4 Å². The highest BCUT2D eigenvalue weighted by Gasteiger charge is 2.34. The molecule has 0 saturated carbocycles. The van der Waals surface area contributed by atoms with E-state index in [9.17, 15) is 0 Å². The van der Waals surface area contributed by atoms with Crippen LogP contribution in [0.25, 0.3) is 10.2 Å². The van der Waals surface area contributed by atoms with E-state index in [4.69, 9.17) is 14.7 Å². The predicted molar refractivity (Wildman–Crippen MR) is 111 cm³/mol. The van der Waals surface area contributed by atoms with E-state index in [0.29, 0.717) is 6.61 Å². The standard InChI is InChI=1S/C19H28N4OS2/c1-5-19(3)11-13-14(12-24-19)26-17-15(13)16(20-18(21-17)25-4)23-9-7-22(6-2)8-10-23/h5-12H2,1-4H3/t19-/m0/s1. The third-order valence-electron chi connectivity index (χ3n) is 5.85. The average molecular weight is 393 g/mol. The van der Waals surface area contributed by atoms with Crippen LogP contribution in [0.4, 0.5) is 5.82 Å². The molecule has 0 amide bonds. The van der Waals surface area contributed by atoms with Crippen LogP contribution in [0.2, 0.25) is 0 Å². The fourth-order valence-corrected chi connectivity index (χ4v) is 5.37. The van der Waals surface area contributed by atoms with E-state index in [0.717, 1.165) is 61.4 Å². The zero-order valence-corrected chi connectivity index (χ0v) is 17.8. The van der Waals surface area contributed by atoms with Crippen LogP contribution in [0.3, 0.4) is 0 Å². The van der Waals surface area contributed by atoms with E-state index in [1.54, 1.807) is 23.1 Å². The van der Waals surface area contributed by atoms with Crippen LogP contribution >= 0.6 is 23.1 Å². The predicted octanol–water partition coefficient (Wildman–Crippen LogP) is 3.80. The lowest BCUT2D eigenvalue weighted by Gasteiger charge is -2.36. The number of rotatable bonds is 4. The summed E-state index contributed by atoms with van der Waals surface area (Å²) in [5.41, 5.74) is 1.36. The lowest BCUT2D eigenvalue weighted by molar-refractivity contribution is -0.0543. The second kappa shape index (κ2) is 7.26. The molecule has 1 saturated heterocycles. The first-order chi connectivity index (χ1) is 12.6. The Morgan fingerprint density at radius 1 is 1.19 bits per heavy atom. The molecular weight excluding hydrogens is 364 g/mol. The van der Waals surface area contributed by atoms with Crippen molar-refractivity contribution >= 4 is 39.1 Å². The molecule has 0 bridgehead atoms. The maximum Gasteiger partial charge on any atom is 0.190 e. The molecule has 2 aromatic rings. The molecule has 2 aromatic heterocycles. The van der Waals surface area contributed by atoms with Crippen LogP contribution in [0, 0.1) is 0 Å². The minimum absolute atomic E-state index is 0.0721. The number of hydrogen-bond donors (Lipinski definition) is 0. The topological polar surface area (TPSA) is 41.5 Å². The lowest BCUT2D eigenvalue weighted by Crippen LogP contribution is -2.46. The van der Waals surface area contributed by atoms with Gasteiger partial charge in [-0.1, -0.05) is 25.6 Å². The van der Waals surface area contributed by atoms with Crippen molar-refractivity contribution in [1.29, 1.82) is 0 Å². The summed E-state index contributed by atoms with van der Waals surface area (Å²) in [4.78, 5) is 17.3. The van der Waals surface area contributed by atoms with Gasteiger partial charge in [0.1, 0.15) is 10.6 Å². The Morgan fingerprint density at radius 2 is 1.96 bits per heavy atom. The third kappa shape index (κ3) is 3.23. The first-order valence-electron chi connectivity index (χ1n) is 9.54. The zero-order chi connectivity index (χ0) is 18.3. The van der Waals surface area contributed by atoms with Gasteiger partial charge < -0.3 is 14.5 Å². The summed E-state index contributed by atoms with van der Waals surface area (Å²) in [6.45, 7) is 12.8. The molecule has 26 heavy (non-hydrogen) atoms. The second-order valence-electron chi connectivity index (χ2n) is 7.41. The number of thioether (sulfide) groups is 1. The molecule has 0 unspecified atom stereocenters. The molecule has 1 atom stereocenters. The molecule has 2 aliphatic rings. The van der Waals surface area contributed by atoms with Gasteiger partial charge in [0.25, 0.3) is 0 Å². The van der Waals surface area contributed by atoms with E-state index in [1.165, 1.54) is 15.8 Å². The fourth-order valence-electron chi connectivity index (χ4n) is 3.86. The van der Waals surface area contributed by atoms with Crippen molar-refractivity contribution in [3.05, 3.63) is 10.4 Å². The number of ether oxygens (including phenoxy) is 1. The van der Waals surface area contributed by atoms with Crippen molar-refractivity contribution in [2.24, 2.45) is 0 Å². The van der Waals surface area contributed by atoms with Gasteiger partial charge >= 0.3 is 0 Å². The number of nitrogens with zero attached hydrogens (tertiary/aromatic N) is 4. The Balaban J connectivity index is 1.80. The lowest BCUT2D eigenvalue weighted by atomic mass is 9.90. The number of thiophene rings is 1. The minimum atomic E-state index is -0.0721. The van der Waals surface area contributed by atoms with Crippen LogP contribution in [0.5, 0.6) is 0 Å². The van der Waals surface area contributed by atoms with Crippen molar-refractivity contribution in [2.45, 2.75) is 51.0 Å². The SMILES string of the molecule is CCN1CCN(c2nc(SC)nc3sc4c(c23)C[C@](C)(CC)OC4)CC1. The zero-order valence-electron chi connectivity index (χ0n) is 16.2. The first-order valence-corrected chi connectivity index (χ1v) is 11.6. The Bertz CT molecular complexity index is 800. The third-order valence-corrected chi connectivity index (χ3v) is 7.49. The highest BCUT2D eigenvalue weighted by molar-refractivity contribution is 7.98. The summed E-state index contributed by atoms with van der Waals surface area (Å²) >= 11 is 3.43. The van der Waals surface area contributed by atoms with Crippen LogP contribution in [0.1, 0.15) is 37.6 Å². The number of aromatic nitrogens is 2. The molecule has 142 valence electrons. The molecule has 7 heteroatoms. The van der Waals surface area contributed by atoms with Gasteiger partial charge in [-0.25, -0.2) is 9.97 Å². The maximum absolute atomic E-state index is 6.18. The van der Waals surface area contributed by atoms with Crippen molar-refractivity contribution < 1.29 is 4.74 Å². The monoisotopic (exact) mass is 392 g/mol. The molecule has 4 heterocycles. The van der Waals surface area contributed by atoms with Gasteiger partial charge in [-0.15, -0.1) is 11.3 Å². The normalized spacial score (nSPS) is 24.2. The number of hydrogen-bond acceptors (Lipinski definition) is 7. The second-order valence-corrected chi connectivity index (χ2v) is 9.27. The Hall–Kier alpha value is -0.890. The summed E-state index contributed by atoms with van der Waals surface area (Å²) < 4.78 is 6.18. The molecular formula is C19H28N4OS2. The molecule has 0 N–H and O–H groups in total. The van der Waals surface area contributed by atoms with E-state index in [-0.39, 0.29) is 5.60 Å². The van der Waals surface area contributed by atoms with E-state index < -0.39 is 0 Å². The van der Waals surface area contributed by atoms with Crippen molar-refractivity contribution in [3.63, 3.8) is 0 Å². The van der Waals surface area contributed by atoms with Crippen LogP contribution in [0.15, 0.2) is 5.16 Å². The number of anilines is 1. The molecule has 1 fully saturated rings. The van der Waals surface area contributed by atoms with Gasteiger partial charge in [0.15, 0.2) is 5.16 Å². The summed E-state index contributed by atoms with van der Waals surface area (Å²) in [7, 11) is 0. The molecule has 4 rings (SSSR count). The Morgan fingerprint density at radius 3 is 2.62 bits per heavy atom. The van der Waals surface area contributed by atoms with Gasteiger partial charge in [0, 0.05) is 37.5 Å². The summed E-state index contributed by atoms with van der Waals surface area (Å²) in [5, 5.41) is 2.17. The van der Waals surface area contributed by atoms with E-state index >= 15 is 0 Å². The molecule has 0 aromatic carbocycles. The van der Waals surface area contributed by atoms with Gasteiger partial charge in [-0.2, -0.15) is 0 Å². The summed E-state index contributed by atoms with van der Waals surface area (Å²) in [5.74, 6) is 1.15.